The zero-order valence-electron chi connectivity index (χ0n) is 15.4. The highest BCUT2D eigenvalue weighted by Gasteiger charge is 2.35. The molecule has 142 valence electrons. The number of nitrogens with zero attached hydrogens (tertiary/aromatic N) is 1. The molecule has 0 aliphatic carbocycles. The van der Waals surface area contributed by atoms with Gasteiger partial charge in [0.05, 0.1) is 13.2 Å². The fourth-order valence-corrected chi connectivity index (χ4v) is 3.11. The molecule has 1 aliphatic heterocycles. The fraction of sp³-hybridized carbons (Fsp3) is 0.333. The molecule has 1 unspecified atom stereocenters. The largest absolute Gasteiger partial charge is 0.481 e. The van der Waals surface area contributed by atoms with Crippen LogP contribution in [0.2, 0.25) is 0 Å². The molecule has 0 aromatic heterocycles. The van der Waals surface area contributed by atoms with Gasteiger partial charge in [0.1, 0.15) is 5.41 Å². The summed E-state index contributed by atoms with van der Waals surface area (Å²) in [5, 5.41) is 12.4. The Morgan fingerprint density at radius 1 is 1.07 bits per heavy atom. The number of benzene rings is 2. The normalized spacial score (nSPS) is 16.4. The molecule has 1 heterocycles. The first-order chi connectivity index (χ1) is 13.0. The van der Waals surface area contributed by atoms with Crippen LogP contribution in [0.1, 0.15) is 22.8 Å². The summed E-state index contributed by atoms with van der Waals surface area (Å²) in [7, 11) is 0. The van der Waals surface area contributed by atoms with Gasteiger partial charge in [0.15, 0.2) is 0 Å². The minimum Gasteiger partial charge on any atom is -0.481 e. The fourth-order valence-electron chi connectivity index (χ4n) is 3.11. The molecule has 0 spiro atoms. The minimum absolute atomic E-state index is 0.0103. The third-order valence-electron chi connectivity index (χ3n) is 4.99. The van der Waals surface area contributed by atoms with E-state index in [2.05, 4.69) is 10.2 Å². The van der Waals surface area contributed by atoms with E-state index in [4.69, 9.17) is 4.74 Å². The minimum atomic E-state index is -1.19. The van der Waals surface area contributed by atoms with Crippen molar-refractivity contribution in [3.8, 4) is 0 Å². The van der Waals surface area contributed by atoms with Crippen LogP contribution >= 0.6 is 0 Å². The number of nitrogens with one attached hydrogen (secondary N) is 1. The van der Waals surface area contributed by atoms with Crippen molar-refractivity contribution in [2.24, 2.45) is 0 Å². The Balaban J connectivity index is 1.66. The van der Waals surface area contributed by atoms with Crippen LogP contribution in [0.5, 0.6) is 0 Å². The smallest absolute Gasteiger partial charge is 0.315 e. The highest BCUT2D eigenvalue weighted by atomic mass is 16.5. The first kappa shape index (κ1) is 18.9. The van der Waals surface area contributed by atoms with Crippen molar-refractivity contribution in [2.45, 2.75) is 12.3 Å². The van der Waals surface area contributed by atoms with Gasteiger partial charge in [0, 0.05) is 30.9 Å². The number of amides is 1. The molecular weight excluding hydrogens is 344 g/mol. The van der Waals surface area contributed by atoms with Gasteiger partial charge in [0.25, 0.3) is 5.91 Å². The molecule has 2 N–H and O–H groups in total. The third kappa shape index (κ3) is 4.28. The average Bonchev–Trinajstić information content (AvgIpc) is 2.73. The molecular formula is C21H24N2O4. The summed E-state index contributed by atoms with van der Waals surface area (Å²) >= 11 is 0. The van der Waals surface area contributed by atoms with E-state index >= 15 is 0 Å². The van der Waals surface area contributed by atoms with Crippen LogP contribution in [-0.2, 0) is 14.9 Å². The van der Waals surface area contributed by atoms with Gasteiger partial charge in [-0.3, -0.25) is 9.59 Å². The van der Waals surface area contributed by atoms with Crippen molar-refractivity contribution in [2.75, 3.05) is 37.7 Å². The number of hydrogen-bond acceptors (Lipinski definition) is 4. The maximum absolute atomic E-state index is 12.5. The van der Waals surface area contributed by atoms with Crippen LogP contribution in [0, 0.1) is 0 Å². The van der Waals surface area contributed by atoms with Crippen molar-refractivity contribution < 1.29 is 19.4 Å². The van der Waals surface area contributed by atoms with Crippen LogP contribution in [0.15, 0.2) is 54.6 Å². The molecule has 1 amide bonds. The highest BCUT2D eigenvalue weighted by Crippen LogP contribution is 2.23. The molecule has 27 heavy (non-hydrogen) atoms. The van der Waals surface area contributed by atoms with E-state index in [1.54, 1.807) is 43.3 Å². The first-order valence-electron chi connectivity index (χ1n) is 9.00. The van der Waals surface area contributed by atoms with Crippen molar-refractivity contribution in [3.05, 3.63) is 65.7 Å². The van der Waals surface area contributed by atoms with E-state index < -0.39 is 11.4 Å². The van der Waals surface area contributed by atoms with Gasteiger partial charge >= 0.3 is 5.97 Å². The Hall–Kier alpha value is -2.86. The summed E-state index contributed by atoms with van der Waals surface area (Å²) in [6.45, 7) is 4.70. The van der Waals surface area contributed by atoms with Crippen molar-refractivity contribution in [1.29, 1.82) is 0 Å². The summed E-state index contributed by atoms with van der Waals surface area (Å²) in [4.78, 5) is 26.5. The van der Waals surface area contributed by atoms with E-state index in [0.717, 1.165) is 18.8 Å². The van der Waals surface area contributed by atoms with Gasteiger partial charge in [0.2, 0.25) is 0 Å². The molecule has 0 saturated carbocycles. The lowest BCUT2D eigenvalue weighted by atomic mass is 9.82. The third-order valence-corrected chi connectivity index (χ3v) is 4.99. The van der Waals surface area contributed by atoms with Gasteiger partial charge in [-0.1, -0.05) is 30.3 Å². The maximum Gasteiger partial charge on any atom is 0.315 e. The second kappa shape index (κ2) is 8.22. The Bertz CT molecular complexity index is 786. The van der Waals surface area contributed by atoms with E-state index in [-0.39, 0.29) is 12.5 Å². The summed E-state index contributed by atoms with van der Waals surface area (Å²) in [6.07, 6.45) is 0. The predicted molar refractivity (Wildman–Crippen MR) is 103 cm³/mol. The predicted octanol–water partition coefficient (Wildman–Crippen LogP) is 2.30. The van der Waals surface area contributed by atoms with E-state index in [1.165, 1.54) is 0 Å². The van der Waals surface area contributed by atoms with Crippen molar-refractivity contribution >= 4 is 17.6 Å². The zero-order valence-corrected chi connectivity index (χ0v) is 15.4. The Kier molecular flexibility index (Phi) is 5.76. The number of carboxylic acids is 1. The number of anilines is 1. The summed E-state index contributed by atoms with van der Waals surface area (Å²) in [6, 6.07) is 16.3. The van der Waals surface area contributed by atoms with Crippen LogP contribution in [0.4, 0.5) is 5.69 Å². The summed E-state index contributed by atoms with van der Waals surface area (Å²) < 4.78 is 5.35. The number of morpholine rings is 1. The van der Waals surface area contributed by atoms with Crippen molar-refractivity contribution in [1.82, 2.24) is 5.32 Å². The molecule has 1 aliphatic rings. The van der Waals surface area contributed by atoms with Gasteiger partial charge in [-0.2, -0.15) is 0 Å². The molecule has 1 saturated heterocycles. The molecule has 3 rings (SSSR count). The molecule has 2 aromatic carbocycles. The van der Waals surface area contributed by atoms with Gasteiger partial charge in [-0.15, -0.1) is 0 Å². The van der Waals surface area contributed by atoms with Gasteiger partial charge in [-0.25, -0.2) is 0 Å². The lowest BCUT2D eigenvalue weighted by Crippen LogP contribution is -2.44. The zero-order chi connectivity index (χ0) is 19.3. The number of hydrogen-bond donors (Lipinski definition) is 2. The molecule has 1 fully saturated rings. The number of carbonyl (C=O) groups excluding carboxylic acids is 1. The molecule has 0 radical (unpaired) electrons. The second-order valence-corrected chi connectivity index (χ2v) is 6.83. The maximum atomic E-state index is 12.5. The molecule has 2 aromatic rings. The van der Waals surface area contributed by atoms with E-state index in [1.807, 2.05) is 18.2 Å². The quantitative estimate of drug-likeness (QED) is 0.818. The molecule has 6 nitrogen and oxygen atoms in total. The van der Waals surface area contributed by atoms with Gasteiger partial charge in [-0.05, 0) is 36.8 Å². The standard InChI is InChI=1S/C21H24N2O4/c1-21(20(25)26,17-5-3-2-4-6-17)15-22-19(24)16-7-9-18(10-8-16)23-11-13-27-14-12-23/h2-10H,11-15H2,1H3,(H,22,24)(H,25,26). The van der Waals surface area contributed by atoms with E-state index in [0.29, 0.717) is 24.3 Å². The molecule has 6 heteroatoms. The topological polar surface area (TPSA) is 78.9 Å². The van der Waals surface area contributed by atoms with E-state index in [9.17, 15) is 14.7 Å². The Morgan fingerprint density at radius 3 is 2.30 bits per heavy atom. The van der Waals surface area contributed by atoms with Crippen LogP contribution in [0.25, 0.3) is 0 Å². The summed E-state index contributed by atoms with van der Waals surface area (Å²) in [5.41, 5.74) is 1.02. The number of carboxylic acid groups (broad SMARTS) is 1. The Morgan fingerprint density at radius 2 is 1.70 bits per heavy atom. The lowest BCUT2D eigenvalue weighted by Gasteiger charge is -2.29. The average molecular weight is 368 g/mol. The number of ether oxygens (including phenoxy) is 1. The lowest BCUT2D eigenvalue weighted by molar-refractivity contribution is -0.142. The van der Waals surface area contributed by atoms with Crippen LogP contribution in [0.3, 0.4) is 0 Å². The number of carbonyl (C=O) groups is 2. The van der Waals surface area contributed by atoms with Crippen LogP contribution in [-0.4, -0.2) is 49.8 Å². The highest BCUT2D eigenvalue weighted by molar-refractivity contribution is 5.95. The molecule has 0 bridgehead atoms. The monoisotopic (exact) mass is 368 g/mol. The first-order valence-corrected chi connectivity index (χ1v) is 9.00. The number of rotatable bonds is 6. The number of aliphatic carboxylic acids is 1. The van der Waals surface area contributed by atoms with Gasteiger partial charge < -0.3 is 20.1 Å². The Labute approximate surface area is 158 Å². The van der Waals surface area contributed by atoms with Crippen LogP contribution < -0.4 is 10.2 Å². The molecule has 1 atom stereocenters. The summed E-state index contributed by atoms with van der Waals surface area (Å²) in [5.74, 6) is -1.26. The SMILES string of the molecule is CC(CNC(=O)c1ccc(N2CCOCC2)cc1)(C(=O)O)c1ccccc1. The second-order valence-electron chi connectivity index (χ2n) is 6.83. The van der Waals surface area contributed by atoms with Crippen molar-refractivity contribution in [3.63, 3.8) is 0 Å².